The molecule has 0 atom stereocenters. The van der Waals surface area contributed by atoms with E-state index in [0.29, 0.717) is 16.1 Å². The summed E-state index contributed by atoms with van der Waals surface area (Å²) in [6.45, 7) is 2.82. The Kier molecular flexibility index (Phi) is 3.62. The molecule has 0 saturated heterocycles. The van der Waals surface area contributed by atoms with E-state index < -0.39 is 0 Å². The van der Waals surface area contributed by atoms with Crippen molar-refractivity contribution < 1.29 is 0 Å². The molecule has 1 aromatic heterocycles. The monoisotopic (exact) mass is 349 g/mol. The molecule has 0 spiro atoms. The average Bonchev–Trinajstić information content (AvgIpc) is 2.49. The molecule has 0 bridgehead atoms. The quantitative estimate of drug-likeness (QED) is 0.844. The van der Waals surface area contributed by atoms with Crippen molar-refractivity contribution in [3.63, 3.8) is 0 Å². The molecule has 0 fully saturated rings. The number of anilines is 1. The van der Waals surface area contributed by atoms with E-state index in [1.165, 1.54) is 12.1 Å². The highest BCUT2D eigenvalue weighted by Crippen LogP contribution is 2.34. The second-order valence-electron chi connectivity index (χ2n) is 4.15. The van der Waals surface area contributed by atoms with Gasteiger partial charge >= 0.3 is 0 Å². The van der Waals surface area contributed by atoms with Crippen molar-refractivity contribution >= 4 is 39.7 Å². The van der Waals surface area contributed by atoms with E-state index in [1.54, 1.807) is 0 Å². The maximum Gasteiger partial charge on any atom is 0.170 e. The van der Waals surface area contributed by atoms with Gasteiger partial charge in [-0.2, -0.15) is 4.40 Å². The SMILES string of the molecule is CCN1SN=C(N)c2nc(Br)c(-c3ccccc3)nc21. The van der Waals surface area contributed by atoms with Crippen LogP contribution in [0.2, 0.25) is 0 Å². The zero-order chi connectivity index (χ0) is 14.1. The number of nitrogens with two attached hydrogens (primary N) is 1. The fourth-order valence-electron chi connectivity index (χ4n) is 1.91. The summed E-state index contributed by atoms with van der Waals surface area (Å²) in [5.41, 5.74) is 8.34. The number of amidine groups is 1. The van der Waals surface area contributed by atoms with Crippen LogP contribution in [0.15, 0.2) is 39.3 Å². The third-order valence-corrected chi connectivity index (χ3v) is 4.35. The van der Waals surface area contributed by atoms with Crippen molar-refractivity contribution in [3.8, 4) is 11.3 Å². The molecular weight excluding hydrogens is 338 g/mol. The maximum atomic E-state index is 5.90. The van der Waals surface area contributed by atoms with E-state index in [9.17, 15) is 0 Å². The maximum absolute atomic E-state index is 5.90. The molecule has 1 aliphatic heterocycles. The molecule has 2 aromatic rings. The summed E-state index contributed by atoms with van der Waals surface area (Å²) >= 11 is 4.77. The molecule has 0 unspecified atom stereocenters. The molecule has 2 heterocycles. The zero-order valence-electron chi connectivity index (χ0n) is 10.7. The molecule has 7 heteroatoms. The summed E-state index contributed by atoms with van der Waals surface area (Å²) in [6.07, 6.45) is 0. The summed E-state index contributed by atoms with van der Waals surface area (Å²) in [4.78, 5) is 9.23. The van der Waals surface area contributed by atoms with E-state index in [1.807, 2.05) is 41.6 Å². The molecule has 20 heavy (non-hydrogen) atoms. The van der Waals surface area contributed by atoms with Gasteiger partial charge in [0, 0.05) is 12.1 Å². The lowest BCUT2D eigenvalue weighted by Crippen LogP contribution is -2.27. The van der Waals surface area contributed by atoms with E-state index >= 15 is 0 Å². The molecule has 0 radical (unpaired) electrons. The van der Waals surface area contributed by atoms with Gasteiger partial charge in [-0.05, 0) is 22.9 Å². The van der Waals surface area contributed by atoms with Crippen LogP contribution in [-0.2, 0) is 0 Å². The lowest BCUT2D eigenvalue weighted by atomic mass is 10.1. The predicted molar refractivity (Wildman–Crippen MR) is 86.5 cm³/mol. The Morgan fingerprint density at radius 2 is 1.95 bits per heavy atom. The van der Waals surface area contributed by atoms with Gasteiger partial charge in [0.2, 0.25) is 0 Å². The van der Waals surface area contributed by atoms with Crippen LogP contribution in [-0.4, -0.2) is 22.3 Å². The number of hydrogen-bond acceptors (Lipinski definition) is 6. The van der Waals surface area contributed by atoms with E-state index in [0.717, 1.165) is 23.6 Å². The molecule has 5 nitrogen and oxygen atoms in total. The summed E-state index contributed by atoms with van der Waals surface area (Å²) in [6, 6.07) is 9.94. The molecule has 1 aliphatic rings. The van der Waals surface area contributed by atoms with Crippen LogP contribution in [0.3, 0.4) is 0 Å². The van der Waals surface area contributed by atoms with Crippen molar-refractivity contribution in [1.29, 1.82) is 0 Å². The van der Waals surface area contributed by atoms with E-state index in [-0.39, 0.29) is 0 Å². The highest BCUT2D eigenvalue weighted by molar-refractivity contribution is 9.10. The largest absolute Gasteiger partial charge is 0.381 e. The van der Waals surface area contributed by atoms with Gasteiger partial charge in [-0.1, -0.05) is 30.3 Å². The van der Waals surface area contributed by atoms with Crippen LogP contribution in [0.5, 0.6) is 0 Å². The standard InChI is InChI=1S/C13H12BrN5S/c1-2-19-13-10(12(15)18-20-19)16-11(14)9(17-13)8-6-4-3-5-7-8/h3-7H,2H2,1H3,(H2,15,18). The first kappa shape index (κ1) is 13.4. The first-order valence-electron chi connectivity index (χ1n) is 6.12. The van der Waals surface area contributed by atoms with Crippen LogP contribution >= 0.6 is 28.1 Å². The van der Waals surface area contributed by atoms with Crippen molar-refractivity contribution in [2.24, 2.45) is 10.1 Å². The van der Waals surface area contributed by atoms with Crippen molar-refractivity contribution in [2.45, 2.75) is 6.92 Å². The second-order valence-corrected chi connectivity index (χ2v) is 5.69. The minimum Gasteiger partial charge on any atom is -0.381 e. The molecule has 0 amide bonds. The van der Waals surface area contributed by atoms with Gasteiger partial charge in [-0.3, -0.25) is 4.31 Å². The van der Waals surface area contributed by atoms with Crippen molar-refractivity contribution in [2.75, 3.05) is 10.8 Å². The molecular formula is C13H12BrN5S. The van der Waals surface area contributed by atoms with Gasteiger partial charge in [0.1, 0.15) is 10.3 Å². The number of hydrogen-bond donors (Lipinski definition) is 1. The fraction of sp³-hybridized carbons (Fsp3) is 0.154. The summed E-state index contributed by atoms with van der Waals surface area (Å²) in [7, 11) is 0. The highest BCUT2D eigenvalue weighted by Gasteiger charge is 2.24. The minimum atomic E-state index is 0.405. The number of rotatable bonds is 2. The number of benzene rings is 1. The van der Waals surface area contributed by atoms with E-state index in [2.05, 4.69) is 25.3 Å². The predicted octanol–water partition coefficient (Wildman–Crippen LogP) is 3.01. The molecule has 1 aromatic carbocycles. The molecule has 102 valence electrons. The van der Waals surface area contributed by atoms with E-state index in [4.69, 9.17) is 10.7 Å². The van der Waals surface area contributed by atoms with Gasteiger partial charge in [0.15, 0.2) is 17.3 Å². The Bertz CT molecular complexity index is 674. The molecule has 3 rings (SSSR count). The van der Waals surface area contributed by atoms with Gasteiger partial charge in [0.05, 0.1) is 12.1 Å². The number of halogens is 1. The lowest BCUT2D eigenvalue weighted by molar-refractivity contribution is 1.02. The van der Waals surface area contributed by atoms with Gasteiger partial charge in [-0.15, -0.1) is 0 Å². The summed E-state index contributed by atoms with van der Waals surface area (Å²) in [5.74, 6) is 1.16. The third-order valence-electron chi connectivity index (χ3n) is 2.89. The minimum absolute atomic E-state index is 0.405. The van der Waals surface area contributed by atoms with Crippen LogP contribution in [0, 0.1) is 0 Å². The highest BCUT2D eigenvalue weighted by atomic mass is 79.9. The molecule has 0 saturated carbocycles. The Labute approximate surface area is 129 Å². The Balaban J connectivity index is 2.18. The van der Waals surface area contributed by atoms with Crippen LogP contribution < -0.4 is 10.0 Å². The molecule has 2 N–H and O–H groups in total. The Hall–Kier alpha value is -1.60. The van der Waals surface area contributed by atoms with Gasteiger partial charge in [0.25, 0.3) is 0 Å². The Morgan fingerprint density at radius 1 is 1.20 bits per heavy atom. The summed E-state index contributed by atoms with van der Waals surface area (Å²) in [5, 5.41) is 0. The lowest BCUT2D eigenvalue weighted by Gasteiger charge is -2.24. The fourth-order valence-corrected chi connectivity index (χ4v) is 3.00. The summed E-state index contributed by atoms with van der Waals surface area (Å²) < 4.78 is 6.82. The first-order chi connectivity index (χ1) is 9.70. The smallest absolute Gasteiger partial charge is 0.170 e. The Morgan fingerprint density at radius 3 is 2.65 bits per heavy atom. The first-order valence-corrected chi connectivity index (χ1v) is 7.64. The molecule has 0 aliphatic carbocycles. The van der Waals surface area contributed by atoms with Crippen LogP contribution in [0.4, 0.5) is 5.82 Å². The average molecular weight is 350 g/mol. The van der Waals surface area contributed by atoms with Gasteiger partial charge < -0.3 is 5.73 Å². The second kappa shape index (κ2) is 5.41. The topological polar surface area (TPSA) is 67.4 Å². The number of fused-ring (bicyclic) bond motifs is 1. The normalized spacial score (nSPS) is 13.9. The van der Waals surface area contributed by atoms with Crippen LogP contribution in [0.25, 0.3) is 11.3 Å². The van der Waals surface area contributed by atoms with Crippen molar-refractivity contribution in [1.82, 2.24) is 9.97 Å². The van der Waals surface area contributed by atoms with Gasteiger partial charge in [-0.25, -0.2) is 9.97 Å². The number of aromatic nitrogens is 2. The zero-order valence-corrected chi connectivity index (χ0v) is 13.1. The van der Waals surface area contributed by atoms with Crippen LogP contribution in [0.1, 0.15) is 12.6 Å². The third kappa shape index (κ3) is 2.27. The van der Waals surface area contributed by atoms with Crippen molar-refractivity contribution in [3.05, 3.63) is 40.6 Å². The number of nitrogens with zero attached hydrogens (tertiary/aromatic N) is 4.